The van der Waals surface area contributed by atoms with E-state index in [-0.39, 0.29) is 0 Å². The van der Waals surface area contributed by atoms with Crippen molar-refractivity contribution in [1.29, 1.82) is 0 Å². The lowest BCUT2D eigenvalue weighted by Gasteiger charge is -2.09. The summed E-state index contributed by atoms with van der Waals surface area (Å²) in [6.07, 6.45) is 3.46. The van der Waals surface area contributed by atoms with E-state index in [2.05, 4.69) is 15.3 Å². The molecule has 2 heterocycles. The van der Waals surface area contributed by atoms with Gasteiger partial charge in [0.15, 0.2) is 0 Å². The van der Waals surface area contributed by atoms with E-state index in [1.807, 2.05) is 37.3 Å². The topological polar surface area (TPSA) is 69.6 Å². The van der Waals surface area contributed by atoms with Gasteiger partial charge in [-0.1, -0.05) is 22.9 Å². The highest BCUT2D eigenvalue weighted by Crippen LogP contribution is 2.26. The Hall–Kier alpha value is -2.24. The average Bonchev–Trinajstić information content (AvgIpc) is 2.95. The minimum absolute atomic E-state index is 0.317. The fourth-order valence-electron chi connectivity index (χ4n) is 2.14. The Labute approximate surface area is 127 Å². The molecule has 2 aromatic heterocycles. The second-order valence-corrected chi connectivity index (χ2v) is 5.08. The van der Waals surface area contributed by atoms with Crippen molar-refractivity contribution in [2.45, 2.75) is 13.5 Å². The van der Waals surface area contributed by atoms with Crippen LogP contribution in [0.15, 0.2) is 42.7 Å². The molecule has 0 bridgehead atoms. The molecule has 0 atom stereocenters. The molecule has 0 amide bonds. The van der Waals surface area contributed by atoms with E-state index >= 15 is 0 Å². The summed E-state index contributed by atoms with van der Waals surface area (Å²) < 4.78 is 1.75. The number of nitrogens with two attached hydrogens (primary N) is 1. The van der Waals surface area contributed by atoms with Crippen LogP contribution < -0.4 is 5.73 Å². The SMILES string of the molecule is Cc1ccc(-n2nnc(CN)c2-c2ccncc2)cc1Cl. The Morgan fingerprint density at radius 3 is 2.62 bits per heavy atom. The summed E-state index contributed by atoms with van der Waals surface area (Å²) in [5.41, 5.74) is 10.2. The summed E-state index contributed by atoms with van der Waals surface area (Å²) in [7, 11) is 0. The third kappa shape index (κ3) is 2.53. The van der Waals surface area contributed by atoms with Crippen LogP contribution in [0.2, 0.25) is 5.02 Å². The lowest BCUT2D eigenvalue weighted by atomic mass is 10.1. The van der Waals surface area contributed by atoms with Gasteiger partial charge in [0.1, 0.15) is 5.69 Å². The first-order chi connectivity index (χ1) is 10.2. The van der Waals surface area contributed by atoms with Gasteiger partial charge < -0.3 is 5.73 Å². The van der Waals surface area contributed by atoms with E-state index in [0.717, 1.165) is 28.2 Å². The minimum Gasteiger partial charge on any atom is -0.325 e. The van der Waals surface area contributed by atoms with Crippen LogP contribution in [-0.2, 0) is 6.54 Å². The summed E-state index contributed by atoms with van der Waals surface area (Å²) in [4.78, 5) is 4.04. The van der Waals surface area contributed by atoms with Gasteiger partial charge in [0.2, 0.25) is 0 Å². The molecule has 0 saturated heterocycles. The van der Waals surface area contributed by atoms with Crippen molar-refractivity contribution >= 4 is 11.6 Å². The maximum absolute atomic E-state index is 6.21. The van der Waals surface area contributed by atoms with Crippen molar-refractivity contribution in [3.8, 4) is 16.9 Å². The van der Waals surface area contributed by atoms with Crippen molar-refractivity contribution in [1.82, 2.24) is 20.0 Å². The second kappa shape index (κ2) is 5.63. The second-order valence-electron chi connectivity index (χ2n) is 4.67. The molecule has 2 N–H and O–H groups in total. The molecule has 0 saturated carbocycles. The normalized spacial score (nSPS) is 10.8. The molecule has 3 rings (SSSR count). The highest BCUT2D eigenvalue weighted by Gasteiger charge is 2.15. The van der Waals surface area contributed by atoms with Gasteiger partial charge in [-0.2, -0.15) is 0 Å². The highest BCUT2D eigenvalue weighted by molar-refractivity contribution is 6.31. The number of halogens is 1. The van der Waals surface area contributed by atoms with Gasteiger partial charge in [0.05, 0.1) is 11.4 Å². The first-order valence-electron chi connectivity index (χ1n) is 6.52. The monoisotopic (exact) mass is 299 g/mol. The summed E-state index contributed by atoms with van der Waals surface area (Å²) in [6.45, 7) is 2.28. The lowest BCUT2D eigenvalue weighted by molar-refractivity contribution is 0.799. The summed E-state index contributed by atoms with van der Waals surface area (Å²) in [5.74, 6) is 0. The molecule has 0 fully saturated rings. The molecule has 0 aliphatic carbocycles. The van der Waals surface area contributed by atoms with Crippen LogP contribution in [0.25, 0.3) is 16.9 Å². The van der Waals surface area contributed by atoms with Crippen molar-refractivity contribution in [2.24, 2.45) is 5.73 Å². The van der Waals surface area contributed by atoms with Gasteiger partial charge in [-0.25, -0.2) is 4.68 Å². The third-order valence-corrected chi connectivity index (χ3v) is 3.69. The molecule has 5 nitrogen and oxygen atoms in total. The van der Waals surface area contributed by atoms with Crippen molar-refractivity contribution in [3.05, 3.63) is 59.0 Å². The zero-order valence-electron chi connectivity index (χ0n) is 11.5. The zero-order chi connectivity index (χ0) is 14.8. The Balaban J connectivity index is 2.20. The Kier molecular flexibility index (Phi) is 3.68. The van der Waals surface area contributed by atoms with Crippen LogP contribution in [0.5, 0.6) is 0 Å². The van der Waals surface area contributed by atoms with Gasteiger partial charge in [0.25, 0.3) is 0 Å². The average molecular weight is 300 g/mol. The number of hydrogen-bond acceptors (Lipinski definition) is 4. The molecule has 0 radical (unpaired) electrons. The van der Waals surface area contributed by atoms with Crippen LogP contribution in [0.4, 0.5) is 0 Å². The summed E-state index contributed by atoms with van der Waals surface area (Å²) in [6, 6.07) is 9.60. The smallest absolute Gasteiger partial charge is 0.105 e. The molecule has 21 heavy (non-hydrogen) atoms. The molecule has 0 unspecified atom stereocenters. The van der Waals surface area contributed by atoms with E-state index < -0.39 is 0 Å². The van der Waals surface area contributed by atoms with Crippen LogP contribution in [0.3, 0.4) is 0 Å². The summed E-state index contributed by atoms with van der Waals surface area (Å²) >= 11 is 6.21. The minimum atomic E-state index is 0.317. The van der Waals surface area contributed by atoms with E-state index in [1.54, 1.807) is 17.1 Å². The maximum Gasteiger partial charge on any atom is 0.105 e. The van der Waals surface area contributed by atoms with Crippen LogP contribution in [0, 0.1) is 6.92 Å². The number of benzene rings is 1. The summed E-state index contributed by atoms with van der Waals surface area (Å²) in [5, 5.41) is 9.07. The molecule has 106 valence electrons. The van der Waals surface area contributed by atoms with E-state index in [1.165, 1.54) is 0 Å². The van der Waals surface area contributed by atoms with Gasteiger partial charge >= 0.3 is 0 Å². The quantitative estimate of drug-likeness (QED) is 0.807. The molecule has 0 aliphatic heterocycles. The molecule has 3 aromatic rings. The number of rotatable bonds is 3. The number of aromatic nitrogens is 4. The van der Waals surface area contributed by atoms with Gasteiger partial charge in [-0.3, -0.25) is 4.98 Å². The Morgan fingerprint density at radius 1 is 1.19 bits per heavy atom. The van der Waals surface area contributed by atoms with Gasteiger partial charge in [-0.05, 0) is 36.8 Å². The standard InChI is InChI=1S/C15H14ClN5/c1-10-2-3-12(8-13(10)16)21-15(14(9-17)19-20-21)11-4-6-18-7-5-11/h2-8H,9,17H2,1H3. The number of pyridine rings is 1. The van der Waals surface area contributed by atoms with Crippen LogP contribution in [0.1, 0.15) is 11.3 Å². The van der Waals surface area contributed by atoms with Crippen molar-refractivity contribution in [2.75, 3.05) is 0 Å². The molecular formula is C15H14ClN5. The first-order valence-corrected chi connectivity index (χ1v) is 6.90. The fraction of sp³-hybridized carbons (Fsp3) is 0.133. The fourth-order valence-corrected chi connectivity index (χ4v) is 2.32. The molecular weight excluding hydrogens is 286 g/mol. The molecule has 0 spiro atoms. The Morgan fingerprint density at radius 2 is 1.95 bits per heavy atom. The van der Waals surface area contributed by atoms with Crippen LogP contribution in [-0.4, -0.2) is 20.0 Å². The van der Waals surface area contributed by atoms with Crippen LogP contribution >= 0.6 is 11.6 Å². The molecule has 1 aromatic carbocycles. The molecule has 6 heteroatoms. The largest absolute Gasteiger partial charge is 0.325 e. The zero-order valence-corrected chi connectivity index (χ0v) is 12.2. The predicted molar refractivity (Wildman–Crippen MR) is 82.2 cm³/mol. The number of hydrogen-bond donors (Lipinski definition) is 1. The maximum atomic E-state index is 6.21. The van der Waals surface area contributed by atoms with Crippen molar-refractivity contribution < 1.29 is 0 Å². The van der Waals surface area contributed by atoms with E-state index in [0.29, 0.717) is 11.6 Å². The van der Waals surface area contributed by atoms with E-state index in [9.17, 15) is 0 Å². The highest BCUT2D eigenvalue weighted by atomic mass is 35.5. The Bertz CT molecular complexity index is 767. The number of aryl methyl sites for hydroxylation is 1. The molecule has 0 aliphatic rings. The van der Waals surface area contributed by atoms with Crippen molar-refractivity contribution in [3.63, 3.8) is 0 Å². The number of nitrogens with zero attached hydrogens (tertiary/aromatic N) is 4. The van der Waals surface area contributed by atoms with Gasteiger partial charge in [0, 0.05) is 29.5 Å². The third-order valence-electron chi connectivity index (χ3n) is 3.29. The lowest BCUT2D eigenvalue weighted by Crippen LogP contribution is -2.03. The predicted octanol–water partition coefficient (Wildman–Crippen LogP) is 2.75. The van der Waals surface area contributed by atoms with Gasteiger partial charge in [-0.15, -0.1) is 5.10 Å². The first kappa shape index (κ1) is 13.7. The van der Waals surface area contributed by atoms with E-state index in [4.69, 9.17) is 17.3 Å².